The Morgan fingerprint density at radius 3 is 1.36 bits per heavy atom. The van der Waals surface area contributed by atoms with Crippen molar-refractivity contribution in [3.8, 4) is 0 Å². The van der Waals surface area contributed by atoms with Crippen LogP contribution >= 0.6 is 0 Å². The molecule has 4 rings (SSSR count). The van der Waals surface area contributed by atoms with Crippen LogP contribution in [0.3, 0.4) is 0 Å². The average Bonchev–Trinajstić information content (AvgIpc) is 2.54. The molecule has 0 fully saturated rings. The standard InChI is InChI=1S/C20H22O2/c21-19(11-9-15-5-1-3-7-17(15)13-19)20(22)12-10-16-6-2-4-8-18(16)14-20/h1-8,21-22H,9-14H2. The van der Waals surface area contributed by atoms with Crippen molar-refractivity contribution in [1.82, 2.24) is 0 Å². The van der Waals surface area contributed by atoms with Crippen LogP contribution in [0.1, 0.15) is 35.1 Å². The molecule has 0 spiro atoms. The SMILES string of the molecule is OC1(C2(O)CCc3ccccc3C2)CCc2ccccc2C1. The molecule has 0 aromatic heterocycles. The third-order valence-corrected chi connectivity index (χ3v) is 5.68. The normalized spacial score (nSPS) is 30.5. The highest BCUT2D eigenvalue weighted by atomic mass is 16.4. The van der Waals surface area contributed by atoms with Gasteiger partial charge in [-0.05, 0) is 47.9 Å². The Kier molecular flexibility index (Phi) is 3.14. The monoisotopic (exact) mass is 294 g/mol. The zero-order valence-electron chi connectivity index (χ0n) is 12.8. The largest absolute Gasteiger partial charge is 0.387 e. The van der Waals surface area contributed by atoms with Gasteiger partial charge >= 0.3 is 0 Å². The Morgan fingerprint density at radius 2 is 0.955 bits per heavy atom. The van der Waals surface area contributed by atoms with Crippen LogP contribution in [0, 0.1) is 0 Å². The quantitative estimate of drug-likeness (QED) is 0.849. The van der Waals surface area contributed by atoms with Crippen LogP contribution in [-0.4, -0.2) is 21.4 Å². The predicted octanol–water partition coefficient (Wildman–Crippen LogP) is 2.83. The van der Waals surface area contributed by atoms with E-state index in [1.807, 2.05) is 12.1 Å². The highest BCUT2D eigenvalue weighted by Crippen LogP contribution is 2.43. The van der Waals surface area contributed by atoms with E-state index in [4.69, 9.17) is 0 Å². The van der Waals surface area contributed by atoms with E-state index in [1.165, 1.54) is 22.3 Å². The van der Waals surface area contributed by atoms with Crippen LogP contribution in [-0.2, 0) is 25.7 Å². The highest BCUT2D eigenvalue weighted by molar-refractivity contribution is 5.37. The summed E-state index contributed by atoms with van der Waals surface area (Å²) in [6.45, 7) is 0. The van der Waals surface area contributed by atoms with Gasteiger partial charge in [-0.3, -0.25) is 0 Å². The van der Waals surface area contributed by atoms with Gasteiger partial charge in [-0.25, -0.2) is 0 Å². The van der Waals surface area contributed by atoms with Crippen molar-refractivity contribution in [2.75, 3.05) is 0 Å². The van der Waals surface area contributed by atoms with Gasteiger partial charge in [0.05, 0.1) is 11.2 Å². The number of aliphatic hydroxyl groups is 2. The molecule has 0 saturated heterocycles. The molecule has 2 aliphatic rings. The van der Waals surface area contributed by atoms with E-state index in [0.29, 0.717) is 25.7 Å². The van der Waals surface area contributed by atoms with Crippen molar-refractivity contribution in [2.24, 2.45) is 0 Å². The smallest absolute Gasteiger partial charge is 0.0980 e. The number of hydrogen-bond acceptors (Lipinski definition) is 2. The Labute approximate surface area is 131 Å². The van der Waals surface area contributed by atoms with Crippen molar-refractivity contribution < 1.29 is 10.2 Å². The predicted molar refractivity (Wildman–Crippen MR) is 86.8 cm³/mol. The van der Waals surface area contributed by atoms with E-state index in [9.17, 15) is 10.2 Å². The molecule has 0 heterocycles. The van der Waals surface area contributed by atoms with E-state index in [2.05, 4.69) is 36.4 Å². The van der Waals surface area contributed by atoms with Crippen molar-refractivity contribution >= 4 is 0 Å². The molecule has 2 heteroatoms. The van der Waals surface area contributed by atoms with Crippen LogP contribution < -0.4 is 0 Å². The Hall–Kier alpha value is -1.64. The molecule has 0 aliphatic heterocycles. The number of fused-ring (bicyclic) bond motifs is 2. The Bertz CT molecular complexity index is 647. The van der Waals surface area contributed by atoms with Crippen LogP contribution in [0.2, 0.25) is 0 Å². The fourth-order valence-corrected chi connectivity index (χ4v) is 4.23. The molecule has 22 heavy (non-hydrogen) atoms. The molecule has 2 atom stereocenters. The number of benzene rings is 2. The maximum absolute atomic E-state index is 11.3. The summed E-state index contributed by atoms with van der Waals surface area (Å²) in [6.07, 6.45) is 4.09. The zero-order valence-corrected chi connectivity index (χ0v) is 12.8. The van der Waals surface area contributed by atoms with Gasteiger partial charge in [0.15, 0.2) is 0 Å². The lowest BCUT2D eigenvalue weighted by Gasteiger charge is -2.48. The first kappa shape index (κ1) is 14.0. The van der Waals surface area contributed by atoms with Crippen molar-refractivity contribution in [3.05, 3.63) is 70.8 Å². The molecule has 2 aromatic carbocycles. The summed E-state index contributed by atoms with van der Waals surface area (Å²) in [5.41, 5.74) is 2.95. The Balaban J connectivity index is 1.67. The molecule has 2 aliphatic carbocycles. The number of hydrogen-bond donors (Lipinski definition) is 2. The van der Waals surface area contributed by atoms with Crippen LogP contribution in [0.5, 0.6) is 0 Å². The summed E-state index contributed by atoms with van der Waals surface area (Å²) >= 11 is 0. The van der Waals surface area contributed by atoms with Crippen LogP contribution in [0.4, 0.5) is 0 Å². The molecule has 2 aromatic rings. The summed E-state index contributed by atoms with van der Waals surface area (Å²) in [4.78, 5) is 0. The van der Waals surface area contributed by atoms with Gasteiger partial charge in [0.25, 0.3) is 0 Å². The minimum Gasteiger partial charge on any atom is -0.387 e. The second kappa shape index (κ2) is 4.94. The summed E-state index contributed by atoms with van der Waals surface area (Å²) in [5, 5.41) is 22.6. The fraction of sp³-hybridized carbons (Fsp3) is 0.400. The molecule has 0 bridgehead atoms. The highest BCUT2D eigenvalue weighted by Gasteiger charge is 2.51. The summed E-state index contributed by atoms with van der Waals surface area (Å²) in [5.74, 6) is 0. The van der Waals surface area contributed by atoms with E-state index < -0.39 is 11.2 Å². The molecule has 114 valence electrons. The van der Waals surface area contributed by atoms with Crippen LogP contribution in [0.25, 0.3) is 0 Å². The first-order valence-corrected chi connectivity index (χ1v) is 8.18. The van der Waals surface area contributed by atoms with Gasteiger partial charge in [0, 0.05) is 12.8 Å². The van der Waals surface area contributed by atoms with Crippen LogP contribution in [0.15, 0.2) is 48.5 Å². The van der Waals surface area contributed by atoms with Gasteiger partial charge < -0.3 is 10.2 Å². The molecule has 2 unspecified atom stereocenters. The minimum atomic E-state index is -1.02. The summed E-state index contributed by atoms with van der Waals surface area (Å²) in [6, 6.07) is 16.6. The Morgan fingerprint density at radius 1 is 0.591 bits per heavy atom. The van der Waals surface area contributed by atoms with Gasteiger partial charge in [-0.2, -0.15) is 0 Å². The molecular formula is C20H22O2. The van der Waals surface area contributed by atoms with Gasteiger partial charge in [-0.1, -0.05) is 48.5 Å². The summed E-state index contributed by atoms with van der Waals surface area (Å²) < 4.78 is 0. The average molecular weight is 294 g/mol. The number of rotatable bonds is 1. The second-order valence-corrected chi connectivity index (χ2v) is 6.95. The van der Waals surface area contributed by atoms with Crippen molar-refractivity contribution in [1.29, 1.82) is 0 Å². The first-order valence-electron chi connectivity index (χ1n) is 8.18. The zero-order chi connectivity index (χ0) is 15.2. The minimum absolute atomic E-state index is 0.557. The van der Waals surface area contributed by atoms with Crippen molar-refractivity contribution in [2.45, 2.75) is 49.7 Å². The lowest BCUT2D eigenvalue weighted by Crippen LogP contribution is -2.59. The lowest BCUT2D eigenvalue weighted by molar-refractivity contribution is -0.164. The third-order valence-electron chi connectivity index (χ3n) is 5.68. The van der Waals surface area contributed by atoms with E-state index in [1.54, 1.807) is 0 Å². The van der Waals surface area contributed by atoms with E-state index >= 15 is 0 Å². The second-order valence-electron chi connectivity index (χ2n) is 6.95. The molecule has 2 nitrogen and oxygen atoms in total. The van der Waals surface area contributed by atoms with Crippen molar-refractivity contribution in [3.63, 3.8) is 0 Å². The third kappa shape index (κ3) is 2.10. The molecule has 0 radical (unpaired) electrons. The van der Waals surface area contributed by atoms with E-state index in [0.717, 1.165) is 12.8 Å². The maximum Gasteiger partial charge on any atom is 0.0980 e. The number of aryl methyl sites for hydroxylation is 2. The lowest BCUT2D eigenvalue weighted by atomic mass is 9.64. The summed E-state index contributed by atoms with van der Waals surface area (Å²) in [7, 11) is 0. The molecule has 0 saturated carbocycles. The maximum atomic E-state index is 11.3. The molecular weight excluding hydrogens is 272 g/mol. The van der Waals surface area contributed by atoms with Gasteiger partial charge in [0.1, 0.15) is 0 Å². The molecule has 0 amide bonds. The van der Waals surface area contributed by atoms with Gasteiger partial charge in [0.2, 0.25) is 0 Å². The first-order chi connectivity index (χ1) is 10.6. The van der Waals surface area contributed by atoms with E-state index in [-0.39, 0.29) is 0 Å². The topological polar surface area (TPSA) is 40.5 Å². The van der Waals surface area contributed by atoms with Gasteiger partial charge in [-0.15, -0.1) is 0 Å². The fourth-order valence-electron chi connectivity index (χ4n) is 4.23. The molecule has 2 N–H and O–H groups in total.